The van der Waals surface area contributed by atoms with E-state index in [9.17, 15) is 23.1 Å². The molecule has 0 saturated carbocycles. The van der Waals surface area contributed by atoms with Crippen molar-refractivity contribution >= 4 is 55.9 Å². The molecule has 4 aromatic rings. The van der Waals surface area contributed by atoms with E-state index in [1.165, 1.54) is 18.3 Å². The van der Waals surface area contributed by atoms with Crippen LogP contribution in [0, 0.1) is 6.92 Å². The van der Waals surface area contributed by atoms with E-state index >= 15 is 0 Å². The second-order valence-corrected chi connectivity index (χ2v) is 11.1. The van der Waals surface area contributed by atoms with Crippen LogP contribution in [0.25, 0.3) is 10.8 Å². The number of carboxylic acid groups (broad SMARTS) is 1. The quantitative estimate of drug-likeness (QED) is 0.187. The molecule has 0 radical (unpaired) electrons. The number of sulfonamides is 1. The van der Waals surface area contributed by atoms with Gasteiger partial charge in [0, 0.05) is 5.56 Å². The van der Waals surface area contributed by atoms with Gasteiger partial charge in [-0.15, -0.1) is 11.3 Å². The first-order valence-electron chi connectivity index (χ1n) is 11.6. The first-order chi connectivity index (χ1) is 18.2. The van der Waals surface area contributed by atoms with Crippen molar-refractivity contribution in [2.75, 3.05) is 4.72 Å². The Labute approximate surface area is 223 Å². The van der Waals surface area contributed by atoms with Crippen LogP contribution in [0.3, 0.4) is 0 Å². The van der Waals surface area contributed by atoms with E-state index in [1.54, 1.807) is 43.5 Å². The minimum Gasteiger partial charge on any atom is -0.479 e. The summed E-state index contributed by atoms with van der Waals surface area (Å²) in [6.07, 6.45) is 0.590. The summed E-state index contributed by atoms with van der Waals surface area (Å²) in [5.74, 6) is -1.42. The highest BCUT2D eigenvalue weighted by atomic mass is 32.2. The molecule has 38 heavy (non-hydrogen) atoms. The third kappa shape index (κ3) is 5.84. The number of rotatable bonds is 10. The van der Waals surface area contributed by atoms with Gasteiger partial charge in [-0.05, 0) is 53.3 Å². The maximum atomic E-state index is 13.1. The SMILES string of the molecule is CCC(Oc1ccc2ccccc2c1/C=N\NC(=O)c1cccc(C)c1NS(=O)(=O)c1cccs1)C(=O)O. The topological polar surface area (TPSA) is 134 Å². The predicted molar refractivity (Wildman–Crippen MR) is 148 cm³/mol. The average Bonchev–Trinajstić information content (AvgIpc) is 3.45. The Morgan fingerprint density at radius 1 is 1.08 bits per heavy atom. The van der Waals surface area contributed by atoms with Crippen molar-refractivity contribution in [3.05, 3.63) is 88.8 Å². The van der Waals surface area contributed by atoms with Gasteiger partial charge in [0.05, 0.1) is 17.5 Å². The number of para-hydroxylation sites is 1. The van der Waals surface area contributed by atoms with Gasteiger partial charge in [0.25, 0.3) is 15.9 Å². The Kier molecular flexibility index (Phi) is 8.08. The molecule has 4 rings (SSSR count). The van der Waals surface area contributed by atoms with Gasteiger partial charge in [0.2, 0.25) is 0 Å². The second kappa shape index (κ2) is 11.4. The Morgan fingerprint density at radius 3 is 2.58 bits per heavy atom. The van der Waals surface area contributed by atoms with Crippen LogP contribution in [-0.4, -0.2) is 37.7 Å². The Hall–Kier alpha value is -4.22. The van der Waals surface area contributed by atoms with Crippen LogP contribution < -0.4 is 14.9 Å². The van der Waals surface area contributed by atoms with E-state index in [0.29, 0.717) is 16.9 Å². The van der Waals surface area contributed by atoms with Crippen LogP contribution in [-0.2, 0) is 14.8 Å². The molecule has 0 fully saturated rings. The largest absolute Gasteiger partial charge is 0.479 e. The number of benzene rings is 3. The number of carbonyl (C=O) groups is 2. The fraction of sp³-hybridized carbons (Fsp3) is 0.148. The highest BCUT2D eigenvalue weighted by Crippen LogP contribution is 2.29. The fourth-order valence-corrected chi connectivity index (χ4v) is 5.93. The van der Waals surface area contributed by atoms with Crippen molar-refractivity contribution in [3.8, 4) is 5.75 Å². The van der Waals surface area contributed by atoms with E-state index in [0.717, 1.165) is 22.1 Å². The lowest BCUT2D eigenvalue weighted by Crippen LogP contribution is -2.26. The lowest BCUT2D eigenvalue weighted by Gasteiger charge is -2.16. The summed E-state index contributed by atoms with van der Waals surface area (Å²) in [6.45, 7) is 3.40. The minimum absolute atomic E-state index is 0.0913. The van der Waals surface area contributed by atoms with Gasteiger partial charge in [0.15, 0.2) is 6.10 Å². The molecule has 196 valence electrons. The molecule has 3 N–H and O–H groups in total. The molecule has 1 heterocycles. The number of hydrogen-bond donors (Lipinski definition) is 3. The lowest BCUT2D eigenvalue weighted by atomic mass is 10.0. The number of anilines is 1. The van der Waals surface area contributed by atoms with Gasteiger partial charge in [-0.25, -0.2) is 18.6 Å². The molecule has 0 spiro atoms. The molecule has 0 aliphatic rings. The number of thiophene rings is 1. The number of hydrazone groups is 1. The summed E-state index contributed by atoms with van der Waals surface area (Å²) in [5, 5.41) is 16.8. The van der Waals surface area contributed by atoms with E-state index in [4.69, 9.17) is 4.74 Å². The van der Waals surface area contributed by atoms with E-state index in [2.05, 4.69) is 15.2 Å². The molecular formula is C27H25N3O6S2. The molecule has 1 aromatic heterocycles. The van der Waals surface area contributed by atoms with Crippen LogP contribution in [0.2, 0.25) is 0 Å². The monoisotopic (exact) mass is 551 g/mol. The van der Waals surface area contributed by atoms with Crippen LogP contribution in [0.5, 0.6) is 5.75 Å². The zero-order valence-corrected chi connectivity index (χ0v) is 22.2. The Balaban J connectivity index is 1.63. The zero-order chi connectivity index (χ0) is 27.3. The number of fused-ring (bicyclic) bond motifs is 1. The lowest BCUT2D eigenvalue weighted by molar-refractivity contribution is -0.145. The zero-order valence-electron chi connectivity index (χ0n) is 20.5. The first kappa shape index (κ1) is 26.8. The first-order valence-corrected chi connectivity index (χ1v) is 14.0. The Bertz CT molecular complexity index is 1620. The van der Waals surface area contributed by atoms with Crippen molar-refractivity contribution in [2.24, 2.45) is 5.10 Å². The normalized spacial score (nSPS) is 12.4. The third-order valence-corrected chi connectivity index (χ3v) is 8.47. The molecule has 3 aromatic carbocycles. The van der Waals surface area contributed by atoms with Crippen LogP contribution >= 0.6 is 11.3 Å². The van der Waals surface area contributed by atoms with Gasteiger partial charge in [-0.3, -0.25) is 9.52 Å². The van der Waals surface area contributed by atoms with E-state index < -0.39 is 28.0 Å². The van der Waals surface area contributed by atoms with Gasteiger partial charge in [-0.1, -0.05) is 55.5 Å². The molecule has 9 nitrogen and oxygen atoms in total. The second-order valence-electron chi connectivity index (χ2n) is 8.29. The van der Waals surface area contributed by atoms with Crippen molar-refractivity contribution in [2.45, 2.75) is 30.6 Å². The molecule has 0 saturated heterocycles. The number of aryl methyl sites for hydroxylation is 1. The number of carbonyl (C=O) groups excluding carboxylic acids is 1. The van der Waals surface area contributed by atoms with E-state index in [-0.39, 0.29) is 21.9 Å². The van der Waals surface area contributed by atoms with Crippen molar-refractivity contribution in [1.29, 1.82) is 0 Å². The van der Waals surface area contributed by atoms with Crippen molar-refractivity contribution in [3.63, 3.8) is 0 Å². The van der Waals surface area contributed by atoms with Gasteiger partial charge >= 0.3 is 5.97 Å². The maximum Gasteiger partial charge on any atom is 0.344 e. The highest BCUT2D eigenvalue weighted by molar-refractivity contribution is 7.94. The number of hydrogen-bond acceptors (Lipinski definition) is 7. The minimum atomic E-state index is -3.88. The molecular weight excluding hydrogens is 526 g/mol. The summed E-state index contributed by atoms with van der Waals surface area (Å²) in [7, 11) is -3.88. The number of aliphatic carboxylic acids is 1. The average molecular weight is 552 g/mol. The number of ether oxygens (including phenoxy) is 1. The molecule has 1 unspecified atom stereocenters. The number of amides is 1. The van der Waals surface area contributed by atoms with Gasteiger partial charge < -0.3 is 9.84 Å². The predicted octanol–water partition coefficient (Wildman–Crippen LogP) is 5.02. The number of nitrogens with zero attached hydrogens (tertiary/aromatic N) is 1. The summed E-state index contributed by atoms with van der Waals surface area (Å²) < 4.78 is 34.0. The Morgan fingerprint density at radius 2 is 1.87 bits per heavy atom. The maximum absolute atomic E-state index is 13.1. The molecule has 1 amide bonds. The molecule has 11 heteroatoms. The molecule has 0 bridgehead atoms. The van der Waals surface area contributed by atoms with Crippen molar-refractivity contribution in [1.82, 2.24) is 5.43 Å². The molecule has 0 aliphatic heterocycles. The highest BCUT2D eigenvalue weighted by Gasteiger charge is 2.22. The summed E-state index contributed by atoms with van der Waals surface area (Å²) in [5.41, 5.74) is 3.74. The van der Waals surface area contributed by atoms with E-state index in [1.807, 2.05) is 30.3 Å². The molecule has 1 atom stereocenters. The fourth-order valence-electron chi connectivity index (χ4n) is 3.78. The summed E-state index contributed by atoms with van der Waals surface area (Å²) in [6, 6.07) is 18.8. The summed E-state index contributed by atoms with van der Waals surface area (Å²) in [4.78, 5) is 24.6. The standard InChI is InChI=1S/C27H25N3O6S2/c1-3-22(27(32)33)36-23-14-13-18-9-4-5-10-19(18)21(23)16-28-29-26(31)20-11-6-8-17(2)25(20)30-38(34,35)24-12-7-15-37-24/h4-16,22,30H,3H2,1-2H3,(H,29,31)(H,32,33)/b28-16-. The van der Waals surface area contributed by atoms with Crippen LogP contribution in [0.15, 0.2) is 81.4 Å². The van der Waals surface area contributed by atoms with Crippen LogP contribution in [0.4, 0.5) is 5.69 Å². The smallest absolute Gasteiger partial charge is 0.344 e. The number of carboxylic acids is 1. The van der Waals surface area contributed by atoms with Gasteiger partial charge in [-0.2, -0.15) is 5.10 Å². The third-order valence-electron chi connectivity index (χ3n) is 5.72. The van der Waals surface area contributed by atoms with Gasteiger partial charge in [0.1, 0.15) is 9.96 Å². The molecule has 0 aliphatic carbocycles. The number of nitrogens with one attached hydrogen (secondary N) is 2. The van der Waals surface area contributed by atoms with Crippen LogP contribution in [0.1, 0.15) is 34.8 Å². The summed E-state index contributed by atoms with van der Waals surface area (Å²) >= 11 is 1.07. The van der Waals surface area contributed by atoms with Crippen molar-refractivity contribution < 1.29 is 27.9 Å².